The Labute approximate surface area is 202 Å². The van der Waals surface area contributed by atoms with Gasteiger partial charge in [-0.1, -0.05) is 19.1 Å². The summed E-state index contributed by atoms with van der Waals surface area (Å²) in [6.07, 6.45) is -1.84. The number of benzene rings is 1. The SMILES string of the molecule is Cc1nccc(N2CCC(Nc3nc(-c4ccc(C(F)(F)F)cc4)cc(C(C)(C)O)n3)[C@H](C)C2)n1. The predicted molar refractivity (Wildman–Crippen MR) is 128 cm³/mol. The molecule has 1 saturated heterocycles. The number of anilines is 2. The van der Waals surface area contributed by atoms with Crippen molar-refractivity contribution in [1.29, 1.82) is 0 Å². The number of halogens is 3. The highest BCUT2D eigenvalue weighted by Crippen LogP contribution is 2.32. The standard InChI is InChI=1S/C25H29F3N6O/c1-15-14-34(22-9-11-29-16(2)30-22)12-10-19(15)31-23-32-20(13-21(33-23)24(3,4)35)17-5-7-18(8-6-17)25(26,27)28/h5-9,11,13,15,19,35H,10,12,14H2,1-4H3,(H,31,32,33)/t15-,19?/m1/s1. The van der Waals surface area contributed by atoms with Crippen molar-refractivity contribution in [2.75, 3.05) is 23.3 Å². The lowest BCUT2D eigenvalue weighted by Crippen LogP contribution is -2.46. The van der Waals surface area contributed by atoms with Crippen LogP contribution >= 0.6 is 0 Å². The van der Waals surface area contributed by atoms with Gasteiger partial charge in [0.05, 0.1) is 17.0 Å². The highest BCUT2D eigenvalue weighted by Gasteiger charge is 2.31. The highest BCUT2D eigenvalue weighted by atomic mass is 19.4. The lowest BCUT2D eigenvalue weighted by atomic mass is 9.94. The van der Waals surface area contributed by atoms with Crippen LogP contribution in [0.25, 0.3) is 11.3 Å². The highest BCUT2D eigenvalue weighted by molar-refractivity contribution is 5.62. The smallest absolute Gasteiger partial charge is 0.384 e. The van der Waals surface area contributed by atoms with Gasteiger partial charge in [-0.15, -0.1) is 0 Å². The molecule has 10 heteroatoms. The molecule has 1 aliphatic rings. The van der Waals surface area contributed by atoms with Gasteiger partial charge in [0.2, 0.25) is 5.95 Å². The summed E-state index contributed by atoms with van der Waals surface area (Å²) < 4.78 is 38.9. The molecule has 7 nitrogen and oxygen atoms in total. The quantitative estimate of drug-likeness (QED) is 0.535. The van der Waals surface area contributed by atoms with Crippen LogP contribution in [0.15, 0.2) is 42.6 Å². The minimum Gasteiger partial charge on any atom is -0.384 e. The molecule has 2 aromatic heterocycles. The second-order valence-electron chi connectivity index (χ2n) is 9.52. The first kappa shape index (κ1) is 24.8. The summed E-state index contributed by atoms with van der Waals surface area (Å²) in [5.41, 5.74) is -0.645. The number of aromatic nitrogens is 4. The molecule has 1 aromatic carbocycles. The maximum Gasteiger partial charge on any atom is 0.416 e. The van der Waals surface area contributed by atoms with E-state index in [0.29, 0.717) is 22.9 Å². The molecule has 3 heterocycles. The Morgan fingerprint density at radius 3 is 2.37 bits per heavy atom. The lowest BCUT2D eigenvalue weighted by Gasteiger charge is -2.38. The van der Waals surface area contributed by atoms with Gasteiger partial charge < -0.3 is 15.3 Å². The van der Waals surface area contributed by atoms with Crippen LogP contribution in [0.4, 0.5) is 24.9 Å². The number of alkyl halides is 3. The Balaban J connectivity index is 1.57. The van der Waals surface area contributed by atoms with E-state index in [2.05, 4.69) is 37.1 Å². The first-order valence-corrected chi connectivity index (χ1v) is 11.5. The van der Waals surface area contributed by atoms with Gasteiger partial charge in [-0.05, 0) is 57.4 Å². The van der Waals surface area contributed by atoms with Gasteiger partial charge in [-0.3, -0.25) is 0 Å². The number of nitrogens with zero attached hydrogens (tertiary/aromatic N) is 5. The second-order valence-corrected chi connectivity index (χ2v) is 9.52. The van der Waals surface area contributed by atoms with Crippen LogP contribution < -0.4 is 10.2 Å². The molecule has 0 bridgehead atoms. The number of piperidine rings is 1. The summed E-state index contributed by atoms with van der Waals surface area (Å²) >= 11 is 0. The number of aliphatic hydroxyl groups is 1. The normalized spacial score (nSPS) is 19.0. The molecule has 0 radical (unpaired) electrons. The third-order valence-electron chi connectivity index (χ3n) is 6.17. The number of nitrogens with one attached hydrogen (secondary N) is 1. The molecule has 186 valence electrons. The fraction of sp³-hybridized carbons (Fsp3) is 0.440. The van der Waals surface area contributed by atoms with Crippen LogP contribution in [0.1, 0.15) is 44.3 Å². The Bertz CT molecular complexity index is 1180. The zero-order valence-corrected chi connectivity index (χ0v) is 20.1. The molecule has 1 unspecified atom stereocenters. The molecule has 3 aromatic rings. The van der Waals surface area contributed by atoms with Crippen molar-refractivity contribution < 1.29 is 18.3 Å². The zero-order chi connectivity index (χ0) is 25.4. The van der Waals surface area contributed by atoms with Crippen LogP contribution in [0.2, 0.25) is 0 Å². The third kappa shape index (κ3) is 5.87. The van der Waals surface area contributed by atoms with Crippen LogP contribution in [0, 0.1) is 12.8 Å². The molecule has 35 heavy (non-hydrogen) atoms. The van der Waals surface area contributed by atoms with E-state index in [9.17, 15) is 18.3 Å². The topological polar surface area (TPSA) is 87.1 Å². The largest absolute Gasteiger partial charge is 0.416 e. The van der Waals surface area contributed by atoms with Crippen molar-refractivity contribution in [2.45, 2.75) is 51.9 Å². The van der Waals surface area contributed by atoms with Gasteiger partial charge in [-0.25, -0.2) is 19.9 Å². The van der Waals surface area contributed by atoms with Crippen LogP contribution in [-0.4, -0.2) is 44.2 Å². The van der Waals surface area contributed by atoms with E-state index in [4.69, 9.17) is 0 Å². The summed E-state index contributed by atoms with van der Waals surface area (Å²) in [5.74, 6) is 2.20. The van der Waals surface area contributed by atoms with E-state index < -0.39 is 17.3 Å². The fourth-order valence-electron chi connectivity index (χ4n) is 4.16. The summed E-state index contributed by atoms with van der Waals surface area (Å²) in [7, 11) is 0. The molecule has 4 rings (SSSR count). The van der Waals surface area contributed by atoms with Crippen molar-refractivity contribution in [3.05, 3.63) is 59.7 Å². The number of aryl methyl sites for hydroxylation is 1. The van der Waals surface area contributed by atoms with Crippen molar-refractivity contribution in [2.24, 2.45) is 5.92 Å². The van der Waals surface area contributed by atoms with Gasteiger partial charge in [-0.2, -0.15) is 13.2 Å². The van der Waals surface area contributed by atoms with E-state index in [1.165, 1.54) is 12.1 Å². The van der Waals surface area contributed by atoms with E-state index in [1.807, 2.05) is 13.0 Å². The first-order valence-electron chi connectivity index (χ1n) is 11.5. The second kappa shape index (κ2) is 9.41. The third-order valence-corrected chi connectivity index (χ3v) is 6.17. The average Bonchev–Trinajstić information content (AvgIpc) is 2.79. The molecule has 0 spiro atoms. The molecule has 2 N–H and O–H groups in total. The van der Waals surface area contributed by atoms with Crippen molar-refractivity contribution >= 4 is 11.8 Å². The molecule has 1 fully saturated rings. The molecule has 0 aliphatic carbocycles. The molecular formula is C25H29F3N6O. The monoisotopic (exact) mass is 486 g/mol. The maximum absolute atomic E-state index is 13.0. The predicted octanol–water partition coefficient (Wildman–Crippen LogP) is 4.82. The van der Waals surface area contributed by atoms with Crippen molar-refractivity contribution in [3.8, 4) is 11.3 Å². The molecule has 1 aliphatic heterocycles. The van der Waals surface area contributed by atoms with Crippen LogP contribution in [0.5, 0.6) is 0 Å². The Hall–Kier alpha value is -3.27. The van der Waals surface area contributed by atoms with E-state index in [1.54, 1.807) is 26.1 Å². The van der Waals surface area contributed by atoms with E-state index >= 15 is 0 Å². The molecular weight excluding hydrogens is 457 g/mol. The first-order chi connectivity index (χ1) is 16.4. The minimum absolute atomic E-state index is 0.0756. The Morgan fingerprint density at radius 1 is 1.06 bits per heavy atom. The average molecular weight is 487 g/mol. The minimum atomic E-state index is -4.41. The van der Waals surface area contributed by atoms with Gasteiger partial charge in [0.15, 0.2) is 0 Å². The molecule has 0 amide bonds. The lowest BCUT2D eigenvalue weighted by molar-refractivity contribution is -0.137. The maximum atomic E-state index is 13.0. The number of hydrogen-bond acceptors (Lipinski definition) is 7. The number of rotatable bonds is 5. The summed E-state index contributed by atoms with van der Waals surface area (Å²) in [6, 6.07) is 8.41. The zero-order valence-electron chi connectivity index (χ0n) is 20.1. The van der Waals surface area contributed by atoms with Crippen molar-refractivity contribution in [1.82, 2.24) is 19.9 Å². The Morgan fingerprint density at radius 2 is 1.77 bits per heavy atom. The van der Waals surface area contributed by atoms with E-state index in [0.717, 1.165) is 43.3 Å². The van der Waals surface area contributed by atoms with Gasteiger partial charge in [0.25, 0.3) is 0 Å². The Kier molecular flexibility index (Phi) is 6.68. The summed E-state index contributed by atoms with van der Waals surface area (Å²) in [5, 5.41) is 14.0. The number of hydrogen-bond donors (Lipinski definition) is 2. The fourth-order valence-corrected chi connectivity index (χ4v) is 4.16. The van der Waals surface area contributed by atoms with E-state index in [-0.39, 0.29) is 12.0 Å². The van der Waals surface area contributed by atoms with Gasteiger partial charge >= 0.3 is 6.18 Å². The molecule has 0 saturated carbocycles. The van der Waals surface area contributed by atoms with Gasteiger partial charge in [0, 0.05) is 30.9 Å². The molecule has 2 atom stereocenters. The van der Waals surface area contributed by atoms with Gasteiger partial charge in [0.1, 0.15) is 17.2 Å². The van der Waals surface area contributed by atoms with Crippen LogP contribution in [0.3, 0.4) is 0 Å². The summed E-state index contributed by atoms with van der Waals surface area (Å²) in [6.45, 7) is 8.79. The summed E-state index contributed by atoms with van der Waals surface area (Å²) in [4.78, 5) is 20.0. The van der Waals surface area contributed by atoms with Crippen molar-refractivity contribution in [3.63, 3.8) is 0 Å². The van der Waals surface area contributed by atoms with Crippen LogP contribution in [-0.2, 0) is 11.8 Å².